The quantitative estimate of drug-likeness (QED) is 0.0783. The highest BCUT2D eigenvalue weighted by Crippen LogP contribution is 2.33. The summed E-state index contributed by atoms with van der Waals surface area (Å²) < 4.78 is 18.3. The van der Waals surface area contributed by atoms with Gasteiger partial charge in [-0.3, -0.25) is 14.6 Å². The number of hydrogen-bond acceptors (Lipinski definition) is 7. The van der Waals surface area contributed by atoms with E-state index in [1.54, 1.807) is 6.07 Å². The number of benzene rings is 4. The molecular weight excluding hydrogens is 685 g/mol. The average molecular weight is 747 g/mol. The lowest BCUT2D eigenvalue weighted by Gasteiger charge is -2.33. The summed E-state index contributed by atoms with van der Waals surface area (Å²) in [6.45, 7) is 13.4. The van der Waals surface area contributed by atoms with Gasteiger partial charge < -0.3 is 19.3 Å². The molecule has 0 amide bonds. The highest BCUT2D eigenvalue weighted by Gasteiger charge is 2.27. The standard InChI is InChI=1S/C48H62N2O5/c1-4-53-47(38-19-23-49(24-20-38)32-35-7-9-42-30-44(51)15-11-40(42)28-35)6-5-27-54-48(52)39-21-25-50(26-22-39)33-36-8-10-43-31-46(18-14-41(43)29-36)55-45-16-12-37(13-17-45)34(2)3/h6-11,14-15,18,28-31,34,37-39,45,51H,4-5,12-13,16-17,19-27,32-33H2,1-3H3/b47-6-. The number of aromatic hydroxyl groups is 1. The van der Waals surface area contributed by atoms with Crippen LogP contribution in [0.4, 0.5) is 0 Å². The highest BCUT2D eigenvalue weighted by molar-refractivity contribution is 5.85. The van der Waals surface area contributed by atoms with E-state index in [9.17, 15) is 9.90 Å². The Labute approximate surface area is 328 Å². The Morgan fingerprint density at radius 1 is 0.709 bits per heavy atom. The second-order valence-corrected chi connectivity index (χ2v) is 16.7. The SMILES string of the molecule is CCO/C(=C\CCOC(=O)C1CCN(Cc2ccc3cc(OC4CCC(C(C)C)CC4)ccc3c2)CC1)C1CCN(Cc2ccc3cc(O)ccc3c2)CC1. The Morgan fingerprint density at radius 3 is 1.89 bits per heavy atom. The maximum absolute atomic E-state index is 13.0. The number of ether oxygens (including phenoxy) is 3. The van der Waals surface area contributed by atoms with Crippen LogP contribution in [0.2, 0.25) is 0 Å². The molecule has 7 heteroatoms. The molecule has 1 N–H and O–H groups in total. The first kappa shape index (κ1) is 39.2. The largest absolute Gasteiger partial charge is 0.508 e. The molecule has 3 aliphatic rings. The zero-order valence-electron chi connectivity index (χ0n) is 33.4. The summed E-state index contributed by atoms with van der Waals surface area (Å²) in [5, 5.41) is 14.5. The third kappa shape index (κ3) is 10.6. The van der Waals surface area contributed by atoms with Crippen LogP contribution in [0.3, 0.4) is 0 Å². The molecule has 0 spiro atoms. The Balaban J connectivity index is 0.808. The molecule has 4 aromatic carbocycles. The van der Waals surface area contributed by atoms with Gasteiger partial charge in [0.25, 0.3) is 0 Å². The first-order chi connectivity index (χ1) is 26.8. The third-order valence-corrected chi connectivity index (χ3v) is 12.5. The second kappa shape index (κ2) is 18.7. The normalized spacial score (nSPS) is 21.0. The van der Waals surface area contributed by atoms with Crippen LogP contribution < -0.4 is 4.74 Å². The number of fused-ring (bicyclic) bond motifs is 2. The Morgan fingerprint density at radius 2 is 1.27 bits per heavy atom. The zero-order valence-corrected chi connectivity index (χ0v) is 33.4. The van der Waals surface area contributed by atoms with Gasteiger partial charge in [0.15, 0.2) is 0 Å². The van der Waals surface area contributed by atoms with Crippen molar-refractivity contribution in [1.29, 1.82) is 0 Å². The monoisotopic (exact) mass is 746 g/mol. The van der Waals surface area contributed by atoms with Crippen molar-refractivity contribution >= 4 is 27.5 Å². The number of likely N-dealkylation sites (tertiary alicyclic amines) is 2. The molecule has 4 aromatic rings. The van der Waals surface area contributed by atoms with Crippen LogP contribution >= 0.6 is 0 Å². The van der Waals surface area contributed by atoms with Crippen LogP contribution in [0, 0.1) is 23.7 Å². The third-order valence-electron chi connectivity index (χ3n) is 12.5. The maximum Gasteiger partial charge on any atom is 0.309 e. The molecule has 0 atom stereocenters. The van der Waals surface area contributed by atoms with E-state index in [-0.39, 0.29) is 11.9 Å². The molecule has 3 fully saturated rings. The summed E-state index contributed by atoms with van der Waals surface area (Å²) in [7, 11) is 0. The van der Waals surface area contributed by atoms with Crippen LogP contribution in [0.5, 0.6) is 11.5 Å². The van der Waals surface area contributed by atoms with Crippen LogP contribution in [-0.4, -0.2) is 66.4 Å². The number of piperidine rings is 2. The van der Waals surface area contributed by atoms with Crippen molar-refractivity contribution in [2.24, 2.45) is 23.7 Å². The summed E-state index contributed by atoms with van der Waals surface area (Å²) in [6.07, 6.45) is 11.8. The van der Waals surface area contributed by atoms with Gasteiger partial charge in [-0.2, -0.15) is 0 Å². The van der Waals surface area contributed by atoms with E-state index in [0.717, 1.165) is 112 Å². The minimum absolute atomic E-state index is 0.0267. The first-order valence-electron chi connectivity index (χ1n) is 21.1. The van der Waals surface area contributed by atoms with Crippen LogP contribution in [0.1, 0.15) is 89.7 Å². The molecule has 2 saturated heterocycles. The molecule has 0 bridgehead atoms. The predicted molar refractivity (Wildman–Crippen MR) is 222 cm³/mol. The van der Waals surface area contributed by atoms with E-state index in [1.165, 1.54) is 34.7 Å². The van der Waals surface area contributed by atoms with Gasteiger partial charge in [0.2, 0.25) is 0 Å². The summed E-state index contributed by atoms with van der Waals surface area (Å²) in [5.41, 5.74) is 2.60. The number of phenols is 1. The van der Waals surface area contributed by atoms with Gasteiger partial charge in [-0.25, -0.2) is 0 Å². The van der Waals surface area contributed by atoms with Gasteiger partial charge >= 0.3 is 5.97 Å². The van der Waals surface area contributed by atoms with Gasteiger partial charge in [0.05, 0.1) is 31.0 Å². The molecule has 2 heterocycles. The number of allylic oxidation sites excluding steroid dienone is 1. The van der Waals surface area contributed by atoms with Crippen molar-refractivity contribution < 1.29 is 24.1 Å². The summed E-state index contributed by atoms with van der Waals surface area (Å²) in [4.78, 5) is 18.0. The van der Waals surface area contributed by atoms with Crippen LogP contribution in [0.15, 0.2) is 84.6 Å². The van der Waals surface area contributed by atoms with Crippen LogP contribution in [-0.2, 0) is 27.4 Å². The fourth-order valence-electron chi connectivity index (χ4n) is 9.10. The van der Waals surface area contributed by atoms with Gasteiger partial charge in [0, 0.05) is 25.4 Å². The molecule has 7 rings (SSSR count). The van der Waals surface area contributed by atoms with Gasteiger partial charge in [0.1, 0.15) is 11.5 Å². The van der Waals surface area contributed by atoms with E-state index < -0.39 is 0 Å². The number of phenolic OH excluding ortho intramolecular Hbond substituents is 1. The van der Waals surface area contributed by atoms with Crippen molar-refractivity contribution in [3.8, 4) is 11.5 Å². The van der Waals surface area contributed by atoms with E-state index in [1.807, 2.05) is 19.1 Å². The summed E-state index contributed by atoms with van der Waals surface area (Å²) in [5.74, 6) is 4.28. The van der Waals surface area contributed by atoms with E-state index in [0.29, 0.717) is 37.4 Å². The molecule has 0 unspecified atom stereocenters. The Kier molecular flexibility index (Phi) is 13.3. The number of carbonyl (C=O) groups excluding carboxylic acids is 1. The lowest BCUT2D eigenvalue weighted by molar-refractivity contribution is -0.150. The smallest absolute Gasteiger partial charge is 0.309 e. The van der Waals surface area contributed by atoms with Crippen molar-refractivity contribution in [1.82, 2.24) is 9.80 Å². The van der Waals surface area contributed by atoms with Crippen molar-refractivity contribution in [3.63, 3.8) is 0 Å². The zero-order chi connectivity index (χ0) is 38.1. The maximum atomic E-state index is 13.0. The highest BCUT2D eigenvalue weighted by atomic mass is 16.5. The number of hydrogen-bond donors (Lipinski definition) is 1. The van der Waals surface area contributed by atoms with E-state index in [4.69, 9.17) is 14.2 Å². The molecule has 7 nitrogen and oxygen atoms in total. The fraction of sp³-hybridized carbons (Fsp3) is 0.521. The summed E-state index contributed by atoms with van der Waals surface area (Å²) in [6, 6.07) is 25.4. The van der Waals surface area contributed by atoms with Crippen molar-refractivity contribution in [2.45, 2.75) is 97.8 Å². The Bertz CT molecular complexity index is 1900. The number of rotatable bonds is 14. The minimum Gasteiger partial charge on any atom is -0.508 e. The van der Waals surface area contributed by atoms with Crippen molar-refractivity contribution in [3.05, 3.63) is 95.8 Å². The molecule has 294 valence electrons. The minimum atomic E-state index is -0.0542. The van der Waals surface area contributed by atoms with Crippen molar-refractivity contribution in [2.75, 3.05) is 39.4 Å². The predicted octanol–water partition coefficient (Wildman–Crippen LogP) is 10.3. The molecule has 0 aromatic heterocycles. The second-order valence-electron chi connectivity index (χ2n) is 16.7. The van der Waals surface area contributed by atoms with Gasteiger partial charge in [-0.15, -0.1) is 0 Å². The number of carbonyl (C=O) groups is 1. The number of nitrogens with zero attached hydrogens (tertiary/aromatic N) is 2. The molecule has 55 heavy (non-hydrogen) atoms. The number of esters is 1. The lowest BCUT2D eigenvalue weighted by atomic mass is 9.80. The fourth-order valence-corrected chi connectivity index (χ4v) is 9.10. The molecular formula is C48H62N2O5. The summed E-state index contributed by atoms with van der Waals surface area (Å²) >= 11 is 0. The average Bonchev–Trinajstić information content (AvgIpc) is 3.20. The van der Waals surface area contributed by atoms with E-state index >= 15 is 0 Å². The topological polar surface area (TPSA) is 71.5 Å². The van der Waals surface area contributed by atoms with E-state index in [2.05, 4.69) is 84.3 Å². The molecule has 0 radical (unpaired) electrons. The van der Waals surface area contributed by atoms with Gasteiger partial charge in [-0.05, 0) is 171 Å². The van der Waals surface area contributed by atoms with Crippen LogP contribution in [0.25, 0.3) is 21.5 Å². The first-order valence-corrected chi connectivity index (χ1v) is 21.1. The molecule has 2 aliphatic heterocycles. The Hall–Kier alpha value is -4.07. The van der Waals surface area contributed by atoms with Gasteiger partial charge in [-0.1, -0.05) is 50.2 Å². The molecule has 1 aliphatic carbocycles. The molecule has 1 saturated carbocycles. The lowest BCUT2D eigenvalue weighted by Crippen LogP contribution is -2.36.